The molecule has 1 amide bonds. The Kier molecular flexibility index (Phi) is 5.77. The molecule has 0 bridgehead atoms. The highest BCUT2D eigenvalue weighted by Gasteiger charge is 2.44. The Morgan fingerprint density at radius 1 is 0.919 bits per heavy atom. The summed E-state index contributed by atoms with van der Waals surface area (Å²) < 4.78 is 5.30. The summed E-state index contributed by atoms with van der Waals surface area (Å²) in [6.07, 6.45) is 0. The van der Waals surface area contributed by atoms with E-state index in [0.717, 1.165) is 59.8 Å². The van der Waals surface area contributed by atoms with Gasteiger partial charge in [0.2, 0.25) is 0 Å². The molecule has 8 heteroatoms. The molecule has 37 heavy (non-hydrogen) atoms. The number of carbonyl (C=O) groups is 1. The summed E-state index contributed by atoms with van der Waals surface area (Å²) >= 11 is 6.73. The van der Waals surface area contributed by atoms with Crippen LogP contribution in [0.2, 0.25) is 5.02 Å². The molecule has 7 nitrogen and oxygen atoms in total. The van der Waals surface area contributed by atoms with Crippen molar-refractivity contribution < 1.29 is 9.32 Å². The van der Waals surface area contributed by atoms with Crippen molar-refractivity contribution >= 4 is 28.9 Å². The van der Waals surface area contributed by atoms with Gasteiger partial charge < -0.3 is 14.3 Å². The number of amides is 1. The molecular formula is C29H28ClN5O2. The van der Waals surface area contributed by atoms with E-state index in [1.54, 1.807) is 11.8 Å². The lowest BCUT2D eigenvalue weighted by Gasteiger charge is -2.47. The smallest absolute Gasteiger partial charge is 0.258 e. The largest absolute Gasteiger partial charge is 0.368 e. The second-order valence-electron chi connectivity index (χ2n) is 9.79. The number of fused-ring (bicyclic) bond motifs is 2. The van der Waals surface area contributed by atoms with Crippen LogP contribution in [0.5, 0.6) is 0 Å². The first-order valence-electron chi connectivity index (χ1n) is 12.4. The fourth-order valence-corrected chi connectivity index (χ4v) is 6.05. The Balaban J connectivity index is 1.32. The molecule has 6 rings (SSSR count). The number of aromatic nitrogens is 2. The molecule has 2 aliphatic heterocycles. The van der Waals surface area contributed by atoms with Gasteiger partial charge in [0, 0.05) is 55.6 Å². The molecular weight excluding hydrogens is 486 g/mol. The molecule has 0 spiro atoms. The van der Waals surface area contributed by atoms with Crippen LogP contribution >= 0.6 is 11.6 Å². The van der Waals surface area contributed by atoms with E-state index < -0.39 is 5.54 Å². The topological polar surface area (TPSA) is 65.7 Å². The van der Waals surface area contributed by atoms with Gasteiger partial charge in [0.1, 0.15) is 0 Å². The Morgan fingerprint density at radius 2 is 1.62 bits per heavy atom. The van der Waals surface area contributed by atoms with Crippen molar-refractivity contribution in [1.29, 1.82) is 0 Å². The molecule has 0 N–H and O–H groups in total. The number of rotatable bonds is 3. The van der Waals surface area contributed by atoms with Crippen LogP contribution in [0.1, 0.15) is 34.2 Å². The van der Waals surface area contributed by atoms with Crippen molar-refractivity contribution in [1.82, 2.24) is 15.0 Å². The van der Waals surface area contributed by atoms with Gasteiger partial charge in [-0.2, -0.15) is 4.98 Å². The Bertz CT molecular complexity index is 1490. The van der Waals surface area contributed by atoms with Gasteiger partial charge in [-0.05, 0) is 49.7 Å². The number of piperazine rings is 1. The molecule has 0 saturated carbocycles. The number of aryl methyl sites for hydroxylation is 1. The summed E-state index contributed by atoms with van der Waals surface area (Å²) in [4.78, 5) is 24.3. The van der Waals surface area contributed by atoms with Crippen LogP contribution in [0.25, 0.3) is 11.5 Å². The van der Waals surface area contributed by atoms with Gasteiger partial charge in [0.25, 0.3) is 11.8 Å². The van der Waals surface area contributed by atoms with Crippen molar-refractivity contribution in [3.63, 3.8) is 0 Å². The maximum absolute atomic E-state index is 13.4. The van der Waals surface area contributed by atoms with E-state index in [1.165, 1.54) is 0 Å². The zero-order valence-electron chi connectivity index (χ0n) is 21.1. The minimum atomic E-state index is -0.455. The van der Waals surface area contributed by atoms with Crippen molar-refractivity contribution in [2.24, 2.45) is 0 Å². The maximum atomic E-state index is 13.4. The van der Waals surface area contributed by atoms with E-state index in [2.05, 4.69) is 45.1 Å². The first kappa shape index (κ1) is 23.7. The molecule has 0 aliphatic carbocycles. The van der Waals surface area contributed by atoms with E-state index in [-0.39, 0.29) is 5.91 Å². The first-order valence-corrected chi connectivity index (χ1v) is 12.8. The number of benzene rings is 3. The van der Waals surface area contributed by atoms with Gasteiger partial charge in [0.05, 0.1) is 16.2 Å². The number of hydrogen-bond acceptors (Lipinski definition) is 6. The van der Waals surface area contributed by atoms with Crippen molar-refractivity contribution in [2.75, 3.05) is 43.0 Å². The third kappa shape index (κ3) is 3.81. The zero-order valence-corrected chi connectivity index (χ0v) is 21.9. The fraction of sp³-hybridized carbons (Fsp3) is 0.276. The first-order chi connectivity index (χ1) is 17.9. The monoisotopic (exact) mass is 513 g/mol. The molecule has 2 aliphatic rings. The summed E-state index contributed by atoms with van der Waals surface area (Å²) in [5, 5.41) is 4.53. The van der Waals surface area contributed by atoms with Crippen LogP contribution < -0.4 is 9.80 Å². The Labute approximate surface area is 221 Å². The molecule has 0 radical (unpaired) electrons. The predicted molar refractivity (Wildman–Crippen MR) is 145 cm³/mol. The number of nitrogens with zero attached hydrogens (tertiary/aromatic N) is 5. The van der Waals surface area contributed by atoms with Crippen LogP contribution in [0, 0.1) is 6.92 Å². The third-order valence-corrected chi connectivity index (χ3v) is 8.05. The lowest BCUT2D eigenvalue weighted by molar-refractivity contribution is 0.0987. The molecule has 1 fully saturated rings. The van der Waals surface area contributed by atoms with E-state index in [9.17, 15) is 4.79 Å². The highest BCUT2D eigenvalue weighted by atomic mass is 35.5. The van der Waals surface area contributed by atoms with Crippen molar-refractivity contribution in [3.8, 4) is 11.5 Å². The fourth-order valence-electron chi connectivity index (χ4n) is 5.75. The van der Waals surface area contributed by atoms with Crippen LogP contribution in [0.3, 0.4) is 0 Å². The van der Waals surface area contributed by atoms with E-state index >= 15 is 0 Å². The standard InChI is InChI=1S/C29H28ClN5O2/c1-19-31-27(37-32-19)20-12-13-26(24(30)18-20)34-14-16-35(17-15-34)29(2)22-9-5-4-8-21(22)28(36)33(3)25-11-7-6-10-23(25)29/h4-13,18H,14-17H2,1-3H3. The molecule has 3 heterocycles. The summed E-state index contributed by atoms with van der Waals surface area (Å²) in [7, 11) is 1.86. The molecule has 1 unspecified atom stereocenters. The minimum absolute atomic E-state index is 0.0220. The van der Waals surface area contributed by atoms with Gasteiger partial charge in [-0.1, -0.05) is 53.2 Å². The van der Waals surface area contributed by atoms with Gasteiger partial charge in [-0.15, -0.1) is 0 Å². The number of anilines is 2. The summed E-state index contributed by atoms with van der Waals surface area (Å²) in [5.74, 6) is 1.08. The maximum Gasteiger partial charge on any atom is 0.258 e. The highest BCUT2D eigenvalue weighted by Crippen LogP contribution is 2.45. The molecule has 1 saturated heterocycles. The Morgan fingerprint density at radius 3 is 2.32 bits per heavy atom. The van der Waals surface area contributed by atoms with Gasteiger partial charge in [0.15, 0.2) is 5.82 Å². The Hall–Kier alpha value is -3.68. The SMILES string of the molecule is Cc1noc(-c2ccc(N3CCN(C4(C)c5ccccc5C(=O)N(C)c5ccccc54)CC3)c(Cl)c2)n1. The number of para-hydroxylation sites is 1. The normalized spacial score (nSPS) is 19.9. The van der Waals surface area contributed by atoms with Crippen LogP contribution in [0.4, 0.5) is 11.4 Å². The van der Waals surface area contributed by atoms with E-state index in [4.69, 9.17) is 16.1 Å². The van der Waals surface area contributed by atoms with Crippen molar-refractivity contribution in [2.45, 2.75) is 19.4 Å². The lowest BCUT2D eigenvalue weighted by Crippen LogP contribution is -2.55. The molecule has 4 aromatic rings. The van der Waals surface area contributed by atoms with Gasteiger partial charge in [-0.25, -0.2) is 0 Å². The molecule has 1 aromatic heterocycles. The van der Waals surface area contributed by atoms with Crippen LogP contribution in [0.15, 0.2) is 71.3 Å². The van der Waals surface area contributed by atoms with Gasteiger partial charge >= 0.3 is 0 Å². The molecule has 1 atom stereocenters. The number of hydrogen-bond donors (Lipinski definition) is 0. The second kappa shape index (κ2) is 9.01. The predicted octanol–water partition coefficient (Wildman–Crippen LogP) is 5.37. The zero-order chi connectivity index (χ0) is 25.7. The van der Waals surface area contributed by atoms with E-state index in [0.29, 0.717) is 16.7 Å². The van der Waals surface area contributed by atoms with E-state index in [1.807, 2.05) is 55.6 Å². The second-order valence-corrected chi connectivity index (χ2v) is 10.2. The average molecular weight is 514 g/mol. The quantitative estimate of drug-likeness (QED) is 0.367. The minimum Gasteiger partial charge on any atom is -0.368 e. The third-order valence-electron chi connectivity index (χ3n) is 7.75. The molecule has 188 valence electrons. The number of carbonyl (C=O) groups excluding carboxylic acids is 1. The highest BCUT2D eigenvalue weighted by molar-refractivity contribution is 6.33. The number of halogens is 1. The van der Waals surface area contributed by atoms with Crippen LogP contribution in [-0.2, 0) is 5.54 Å². The van der Waals surface area contributed by atoms with Gasteiger partial charge in [-0.3, -0.25) is 9.69 Å². The van der Waals surface area contributed by atoms with Crippen molar-refractivity contribution in [3.05, 3.63) is 94.3 Å². The summed E-state index contributed by atoms with van der Waals surface area (Å²) in [6.45, 7) is 7.30. The summed E-state index contributed by atoms with van der Waals surface area (Å²) in [6, 6.07) is 22.2. The lowest BCUT2D eigenvalue weighted by atomic mass is 9.80. The molecule has 3 aromatic carbocycles. The average Bonchev–Trinajstić information content (AvgIpc) is 3.35. The van der Waals surface area contributed by atoms with Crippen LogP contribution in [-0.4, -0.2) is 54.2 Å². The summed E-state index contributed by atoms with van der Waals surface area (Å²) in [5.41, 5.74) is 5.22.